The van der Waals surface area contributed by atoms with Crippen molar-refractivity contribution < 1.29 is 9.53 Å². The van der Waals surface area contributed by atoms with E-state index < -0.39 is 5.97 Å². The maximum atomic E-state index is 12.5. The van der Waals surface area contributed by atoms with Crippen LogP contribution in [-0.2, 0) is 22.7 Å². The van der Waals surface area contributed by atoms with Crippen molar-refractivity contribution in [2.24, 2.45) is 0 Å². The number of aryl methyl sites for hydroxylation is 2. The van der Waals surface area contributed by atoms with Gasteiger partial charge in [0.25, 0.3) is 11.1 Å². The monoisotopic (exact) mass is 390 g/mol. The first-order valence-electron chi connectivity index (χ1n) is 9.03. The smallest absolute Gasteiger partial charge is 0.328 e. The molecule has 29 heavy (non-hydrogen) atoms. The molecule has 0 N–H and O–H groups in total. The Bertz CT molecular complexity index is 1370. The predicted molar refractivity (Wildman–Crippen MR) is 107 cm³/mol. The van der Waals surface area contributed by atoms with E-state index >= 15 is 0 Å². The van der Waals surface area contributed by atoms with Gasteiger partial charge in [0.15, 0.2) is 0 Å². The number of pyridine rings is 1. The Morgan fingerprint density at radius 3 is 2.62 bits per heavy atom. The molecule has 0 aliphatic rings. The number of esters is 1. The van der Waals surface area contributed by atoms with Crippen molar-refractivity contribution in [1.82, 2.24) is 19.2 Å². The standard InChI is InChI=1S/C21H18N4O4/c1-13-7-8-18-22-15(9-19(26)24(18)10-13)12-29-20(27)11-25-21(28)17-6-4-3-5-16(17)14(2)23-25/h3-10H,11-12H2,1-2H3. The highest BCUT2D eigenvalue weighted by Crippen LogP contribution is 2.11. The summed E-state index contributed by atoms with van der Waals surface area (Å²) in [4.78, 5) is 41.3. The van der Waals surface area contributed by atoms with Crippen LogP contribution >= 0.6 is 0 Å². The van der Waals surface area contributed by atoms with Gasteiger partial charge in [-0.3, -0.25) is 18.8 Å². The molecule has 8 nitrogen and oxygen atoms in total. The minimum atomic E-state index is -0.639. The van der Waals surface area contributed by atoms with E-state index in [9.17, 15) is 14.4 Å². The first kappa shape index (κ1) is 18.5. The number of aromatic nitrogens is 4. The van der Waals surface area contributed by atoms with Gasteiger partial charge in [0.05, 0.1) is 16.8 Å². The van der Waals surface area contributed by atoms with Gasteiger partial charge in [-0.25, -0.2) is 9.67 Å². The third-order valence-corrected chi connectivity index (χ3v) is 4.57. The second kappa shape index (κ2) is 7.31. The lowest BCUT2D eigenvalue weighted by Gasteiger charge is -2.09. The number of carbonyl (C=O) groups excluding carboxylic acids is 1. The molecule has 0 aliphatic carbocycles. The van der Waals surface area contributed by atoms with Crippen LogP contribution in [0.3, 0.4) is 0 Å². The van der Waals surface area contributed by atoms with Crippen molar-refractivity contribution in [3.63, 3.8) is 0 Å². The molecule has 0 unspecified atom stereocenters. The third kappa shape index (κ3) is 3.64. The maximum absolute atomic E-state index is 12.5. The number of rotatable bonds is 4. The van der Waals surface area contributed by atoms with E-state index in [4.69, 9.17) is 4.74 Å². The van der Waals surface area contributed by atoms with Crippen LogP contribution in [0.1, 0.15) is 17.0 Å². The molecule has 0 atom stereocenters. The highest BCUT2D eigenvalue weighted by Gasteiger charge is 2.12. The van der Waals surface area contributed by atoms with Crippen molar-refractivity contribution in [1.29, 1.82) is 0 Å². The zero-order chi connectivity index (χ0) is 20.5. The van der Waals surface area contributed by atoms with E-state index in [-0.39, 0.29) is 24.3 Å². The molecule has 0 saturated heterocycles. The fourth-order valence-electron chi connectivity index (χ4n) is 3.17. The van der Waals surface area contributed by atoms with E-state index in [2.05, 4.69) is 10.1 Å². The van der Waals surface area contributed by atoms with Crippen LogP contribution in [0.5, 0.6) is 0 Å². The second-order valence-electron chi connectivity index (χ2n) is 6.77. The SMILES string of the molecule is Cc1ccc2nc(COC(=O)Cn3nc(C)c4ccccc4c3=O)cc(=O)n2c1. The van der Waals surface area contributed by atoms with Crippen molar-refractivity contribution in [2.75, 3.05) is 0 Å². The summed E-state index contributed by atoms with van der Waals surface area (Å²) in [5.41, 5.74) is 1.77. The topological polar surface area (TPSA) is 95.6 Å². The van der Waals surface area contributed by atoms with E-state index in [1.807, 2.05) is 25.1 Å². The van der Waals surface area contributed by atoms with Crippen molar-refractivity contribution >= 4 is 22.4 Å². The molecule has 1 aromatic carbocycles. The van der Waals surface area contributed by atoms with E-state index in [1.165, 1.54) is 10.5 Å². The summed E-state index contributed by atoms with van der Waals surface area (Å²) in [5.74, 6) is -0.639. The Labute approximate surface area is 165 Å². The van der Waals surface area contributed by atoms with Crippen molar-refractivity contribution in [3.05, 3.63) is 86.3 Å². The van der Waals surface area contributed by atoms with Gasteiger partial charge in [-0.2, -0.15) is 5.10 Å². The first-order valence-corrected chi connectivity index (χ1v) is 9.03. The average molecular weight is 390 g/mol. The quantitative estimate of drug-likeness (QED) is 0.493. The molecular weight excluding hydrogens is 372 g/mol. The molecule has 0 spiro atoms. The number of ether oxygens (including phenoxy) is 1. The number of benzene rings is 1. The molecule has 0 radical (unpaired) electrons. The zero-order valence-corrected chi connectivity index (χ0v) is 16.0. The summed E-state index contributed by atoms with van der Waals surface area (Å²) in [7, 11) is 0. The number of carbonyl (C=O) groups is 1. The molecule has 0 amide bonds. The van der Waals surface area contributed by atoms with Crippen molar-refractivity contribution in [2.45, 2.75) is 27.0 Å². The first-order chi connectivity index (χ1) is 13.9. The lowest BCUT2D eigenvalue weighted by Crippen LogP contribution is -2.28. The van der Waals surface area contributed by atoms with E-state index in [1.54, 1.807) is 31.3 Å². The molecule has 3 heterocycles. The summed E-state index contributed by atoms with van der Waals surface area (Å²) < 4.78 is 7.74. The lowest BCUT2D eigenvalue weighted by molar-refractivity contribution is -0.146. The molecule has 0 aliphatic heterocycles. The van der Waals surface area contributed by atoms with E-state index in [0.717, 1.165) is 15.6 Å². The normalized spacial score (nSPS) is 11.1. The van der Waals surface area contributed by atoms with Crippen LogP contribution < -0.4 is 11.1 Å². The summed E-state index contributed by atoms with van der Waals surface area (Å²) >= 11 is 0. The maximum Gasteiger partial charge on any atom is 0.328 e. The van der Waals surface area contributed by atoms with Crippen LogP contribution in [-0.4, -0.2) is 25.1 Å². The van der Waals surface area contributed by atoms with Crippen LogP contribution in [0.15, 0.2) is 58.3 Å². The number of hydrogen-bond acceptors (Lipinski definition) is 6. The Morgan fingerprint density at radius 1 is 1.07 bits per heavy atom. The molecule has 0 saturated carbocycles. The van der Waals surface area contributed by atoms with Gasteiger partial charge in [-0.05, 0) is 31.5 Å². The largest absolute Gasteiger partial charge is 0.458 e. The van der Waals surface area contributed by atoms with Crippen LogP contribution in [0.4, 0.5) is 0 Å². The highest BCUT2D eigenvalue weighted by atomic mass is 16.5. The van der Waals surface area contributed by atoms with Crippen molar-refractivity contribution in [3.8, 4) is 0 Å². The molecule has 0 bridgehead atoms. The number of fused-ring (bicyclic) bond motifs is 2. The molecule has 146 valence electrons. The average Bonchev–Trinajstić information content (AvgIpc) is 2.71. The number of nitrogens with zero attached hydrogens (tertiary/aromatic N) is 4. The summed E-state index contributed by atoms with van der Waals surface area (Å²) in [6.45, 7) is 3.17. The summed E-state index contributed by atoms with van der Waals surface area (Å²) in [6.07, 6.45) is 1.70. The molecule has 4 rings (SSSR count). The van der Waals surface area contributed by atoms with Gasteiger partial charge >= 0.3 is 5.97 Å². The van der Waals surface area contributed by atoms with Gasteiger partial charge < -0.3 is 4.74 Å². The number of hydrogen-bond donors (Lipinski definition) is 0. The fourth-order valence-corrected chi connectivity index (χ4v) is 3.17. The Balaban J connectivity index is 1.53. The predicted octanol–water partition coefficient (Wildman–Crippen LogP) is 1.76. The molecule has 3 aromatic heterocycles. The van der Waals surface area contributed by atoms with Crippen LogP contribution in [0.25, 0.3) is 16.4 Å². The second-order valence-corrected chi connectivity index (χ2v) is 6.77. The molecular formula is C21H18N4O4. The minimum Gasteiger partial charge on any atom is -0.458 e. The highest BCUT2D eigenvalue weighted by molar-refractivity contribution is 5.83. The van der Waals surface area contributed by atoms with Gasteiger partial charge in [0.1, 0.15) is 18.8 Å². The molecule has 0 fully saturated rings. The third-order valence-electron chi connectivity index (χ3n) is 4.57. The minimum absolute atomic E-state index is 0.167. The molecule has 4 aromatic rings. The van der Waals surface area contributed by atoms with Crippen LogP contribution in [0, 0.1) is 13.8 Å². The van der Waals surface area contributed by atoms with Gasteiger partial charge in [-0.15, -0.1) is 0 Å². The van der Waals surface area contributed by atoms with E-state index in [0.29, 0.717) is 22.4 Å². The van der Waals surface area contributed by atoms with Crippen LogP contribution in [0.2, 0.25) is 0 Å². The fraction of sp³-hybridized carbons (Fsp3) is 0.190. The Kier molecular flexibility index (Phi) is 4.67. The summed E-state index contributed by atoms with van der Waals surface area (Å²) in [5, 5.41) is 5.43. The molecule has 8 heteroatoms. The van der Waals surface area contributed by atoms with Gasteiger partial charge in [0, 0.05) is 17.6 Å². The Hall–Kier alpha value is -3.81. The summed E-state index contributed by atoms with van der Waals surface area (Å²) in [6, 6.07) is 12.0. The zero-order valence-electron chi connectivity index (χ0n) is 16.0. The van der Waals surface area contributed by atoms with Gasteiger partial charge in [0.2, 0.25) is 0 Å². The Morgan fingerprint density at radius 2 is 1.83 bits per heavy atom. The lowest BCUT2D eigenvalue weighted by atomic mass is 10.1. The van der Waals surface area contributed by atoms with Gasteiger partial charge in [-0.1, -0.05) is 24.3 Å².